The van der Waals surface area contributed by atoms with Crippen LogP contribution in [0.25, 0.3) is 0 Å². The minimum Gasteiger partial charge on any atom is -0.347 e. The summed E-state index contributed by atoms with van der Waals surface area (Å²) in [5, 5.41) is 18.2. The fourth-order valence-electron chi connectivity index (χ4n) is 11.7. The molecule has 0 aromatic heterocycles. The largest absolute Gasteiger partial charge is 0.347 e. The van der Waals surface area contributed by atoms with Gasteiger partial charge in [-0.05, 0) is 119 Å². The third-order valence-electron chi connectivity index (χ3n) is 16.5. The predicted molar refractivity (Wildman–Crippen MR) is 285 cm³/mol. The molecule has 18 nitrogen and oxygen atoms in total. The molecular formula is C57H84N10O8. The van der Waals surface area contributed by atoms with Gasteiger partial charge in [-0.3, -0.25) is 38.4 Å². The SMILES string of the molecule is CN[C@@H](C)C(=O)N[C@H](C(=O)N1CCN(C(=O)[C@@H]2CC[C@H](C(=O)N3CCN(C(=O)[C@@H](NC(=O)[C@H](C)NC)C(C)(C)C)[C@H](C(=O)N[C@@H]4CCCc5ccccc54)C3)C2)C[C@H]1C(=O)N[C@@H]1CCCc2ccccc21)C(C)(C)C. The monoisotopic (exact) mass is 1040 g/mol. The zero-order chi connectivity index (χ0) is 54.5. The second-order valence-electron chi connectivity index (χ2n) is 23.8. The van der Waals surface area contributed by atoms with Crippen molar-refractivity contribution < 1.29 is 38.4 Å². The van der Waals surface area contributed by atoms with Crippen molar-refractivity contribution in [3.63, 3.8) is 0 Å². The third-order valence-corrected chi connectivity index (χ3v) is 16.5. The molecule has 2 aromatic rings. The fraction of sp³-hybridized carbons (Fsp3) is 0.649. The van der Waals surface area contributed by atoms with Crippen molar-refractivity contribution in [2.45, 2.75) is 162 Å². The summed E-state index contributed by atoms with van der Waals surface area (Å²) in [6.45, 7) is 15.0. The molecule has 8 amide bonds. The molecule has 3 aliphatic carbocycles. The number of carbonyl (C=O) groups excluding carboxylic acids is 8. The Morgan fingerprint density at radius 3 is 1.27 bits per heavy atom. The Balaban J connectivity index is 1.08. The zero-order valence-corrected chi connectivity index (χ0v) is 46.1. The number of fused-ring (bicyclic) bond motifs is 2. The van der Waals surface area contributed by atoms with Crippen LogP contribution in [-0.4, -0.2) is 156 Å². The van der Waals surface area contributed by atoms with Crippen molar-refractivity contribution in [1.82, 2.24) is 51.5 Å². The van der Waals surface area contributed by atoms with Gasteiger partial charge in [0.2, 0.25) is 47.3 Å². The minimum absolute atomic E-state index is 0.0558. The zero-order valence-electron chi connectivity index (χ0n) is 46.1. The number of aryl methyl sites for hydroxylation is 2. The molecule has 5 aliphatic rings. The van der Waals surface area contributed by atoms with Gasteiger partial charge in [-0.2, -0.15) is 0 Å². The van der Waals surface area contributed by atoms with Gasteiger partial charge in [-0.15, -0.1) is 0 Å². The molecular weight excluding hydrogens is 953 g/mol. The summed E-state index contributed by atoms with van der Waals surface area (Å²) >= 11 is 0. The van der Waals surface area contributed by atoms with Crippen molar-refractivity contribution in [3.05, 3.63) is 70.8 Å². The van der Waals surface area contributed by atoms with E-state index in [1.54, 1.807) is 37.7 Å². The number of nitrogens with one attached hydrogen (secondary N) is 6. The maximum Gasteiger partial charge on any atom is 0.246 e. The van der Waals surface area contributed by atoms with Crippen molar-refractivity contribution in [1.29, 1.82) is 0 Å². The van der Waals surface area contributed by atoms with Gasteiger partial charge >= 0.3 is 0 Å². The van der Waals surface area contributed by atoms with Gasteiger partial charge in [0.15, 0.2) is 0 Å². The standard InChI is InChI=1S/C57H84N10O8/c1-34(58-9)48(68)62-46(56(3,4)5)54(74)66-29-27-64(32-44(66)50(70)60-42-23-15-19-36-17-11-13-21-40(36)42)52(72)38-25-26-39(31-38)53(73)65-28-30-67(55(75)47(57(6,7)8)63-49(69)35(2)59-10)45(33-65)51(71)61-43-24-16-20-37-18-12-14-22-41(37)43/h11-14,17-18,21-22,34-35,38-39,42-47,58-59H,15-16,19-20,23-33H2,1-10H3,(H,60,70)(H,61,71)(H,62,68)(H,63,69)/t34-,35-,38-,39+,42+,43+,44-,45-,46+,47+/m0/s1. The van der Waals surface area contributed by atoms with Gasteiger partial charge < -0.3 is 51.5 Å². The molecule has 0 bridgehead atoms. The second kappa shape index (κ2) is 24.0. The third kappa shape index (κ3) is 13.0. The van der Waals surface area contributed by atoms with Crippen LogP contribution >= 0.6 is 0 Å². The average molecular weight is 1040 g/mol. The molecule has 0 radical (unpaired) electrons. The lowest BCUT2D eigenvalue weighted by molar-refractivity contribution is -0.154. The van der Waals surface area contributed by atoms with E-state index >= 15 is 0 Å². The second-order valence-corrected chi connectivity index (χ2v) is 23.8. The number of nitrogens with zero attached hydrogens (tertiary/aromatic N) is 4. The Kier molecular flexibility index (Phi) is 18.2. The highest BCUT2D eigenvalue weighted by atomic mass is 16.2. The van der Waals surface area contributed by atoms with E-state index in [4.69, 9.17) is 0 Å². The number of amides is 8. The molecule has 2 aliphatic heterocycles. The lowest BCUT2D eigenvalue weighted by Crippen LogP contribution is -2.67. The first kappa shape index (κ1) is 56.8. The number of benzene rings is 2. The van der Waals surface area contributed by atoms with Crippen LogP contribution in [0.2, 0.25) is 0 Å². The Labute approximate surface area is 444 Å². The summed E-state index contributed by atoms with van der Waals surface area (Å²) in [5.41, 5.74) is 2.97. The Morgan fingerprint density at radius 2 is 0.907 bits per heavy atom. The fourth-order valence-corrected chi connectivity index (χ4v) is 11.7. The average Bonchev–Trinajstić information content (AvgIpc) is 3.90. The Hall–Kier alpha value is -5.88. The number of rotatable bonds is 14. The number of hydrogen-bond donors (Lipinski definition) is 6. The molecule has 2 heterocycles. The molecule has 2 saturated heterocycles. The van der Waals surface area contributed by atoms with Gasteiger partial charge in [-0.1, -0.05) is 90.1 Å². The molecule has 0 spiro atoms. The van der Waals surface area contributed by atoms with Gasteiger partial charge in [0.05, 0.1) is 37.3 Å². The van der Waals surface area contributed by atoms with Crippen LogP contribution < -0.4 is 31.9 Å². The van der Waals surface area contributed by atoms with E-state index in [1.807, 2.05) is 77.9 Å². The van der Waals surface area contributed by atoms with Gasteiger partial charge in [0.1, 0.15) is 24.2 Å². The molecule has 3 fully saturated rings. The summed E-state index contributed by atoms with van der Waals surface area (Å²) in [4.78, 5) is 121. The van der Waals surface area contributed by atoms with Gasteiger partial charge in [0, 0.05) is 38.0 Å². The van der Waals surface area contributed by atoms with Crippen LogP contribution in [0.3, 0.4) is 0 Å². The molecule has 1 saturated carbocycles. The topological polar surface area (TPSA) is 222 Å². The first-order valence-corrected chi connectivity index (χ1v) is 27.4. The Morgan fingerprint density at radius 1 is 0.533 bits per heavy atom. The predicted octanol–water partition coefficient (Wildman–Crippen LogP) is 3.15. The highest BCUT2D eigenvalue weighted by molar-refractivity contribution is 5.96. The van der Waals surface area contributed by atoms with Crippen LogP contribution in [-0.2, 0) is 51.2 Å². The number of piperazine rings is 2. The van der Waals surface area contributed by atoms with E-state index in [-0.39, 0.29) is 93.2 Å². The minimum atomic E-state index is -1.05. The molecule has 0 unspecified atom stereocenters. The van der Waals surface area contributed by atoms with Crippen LogP contribution in [0.1, 0.15) is 135 Å². The van der Waals surface area contributed by atoms with Crippen molar-refractivity contribution in [2.75, 3.05) is 53.4 Å². The summed E-state index contributed by atoms with van der Waals surface area (Å²) in [5.74, 6) is -3.68. The van der Waals surface area contributed by atoms with Crippen molar-refractivity contribution in [3.8, 4) is 0 Å². The Bertz CT molecular complexity index is 2290. The highest BCUT2D eigenvalue weighted by Gasteiger charge is 2.48. The summed E-state index contributed by atoms with van der Waals surface area (Å²) in [7, 11) is 3.33. The van der Waals surface area contributed by atoms with E-state index in [0.717, 1.165) is 60.8 Å². The molecule has 7 rings (SSSR count). The van der Waals surface area contributed by atoms with Crippen molar-refractivity contribution >= 4 is 47.3 Å². The summed E-state index contributed by atoms with van der Waals surface area (Å²) in [6.07, 6.45) is 6.17. The number of carbonyl (C=O) groups is 8. The first-order chi connectivity index (χ1) is 35.5. The van der Waals surface area contributed by atoms with E-state index in [9.17, 15) is 38.4 Å². The maximum atomic E-state index is 14.7. The van der Waals surface area contributed by atoms with E-state index < -0.39 is 70.7 Å². The van der Waals surface area contributed by atoms with Gasteiger partial charge in [0.25, 0.3) is 0 Å². The lowest BCUT2D eigenvalue weighted by Gasteiger charge is -2.45. The quantitative estimate of drug-likeness (QED) is 0.162. The van der Waals surface area contributed by atoms with Crippen LogP contribution in [0, 0.1) is 22.7 Å². The summed E-state index contributed by atoms with van der Waals surface area (Å²) < 4.78 is 0. The molecule has 18 heteroatoms. The maximum absolute atomic E-state index is 14.7. The molecule has 2 aromatic carbocycles. The van der Waals surface area contributed by atoms with Gasteiger partial charge in [-0.25, -0.2) is 0 Å². The smallest absolute Gasteiger partial charge is 0.246 e. The normalized spacial score (nSPS) is 24.6. The molecule has 75 heavy (non-hydrogen) atoms. The van der Waals surface area contributed by atoms with E-state index in [1.165, 1.54) is 9.80 Å². The number of likely N-dealkylation sites (N-methyl/N-ethyl adjacent to an activating group) is 2. The first-order valence-electron chi connectivity index (χ1n) is 27.4. The molecule has 6 N–H and O–H groups in total. The highest BCUT2D eigenvalue weighted by Crippen LogP contribution is 2.37. The van der Waals surface area contributed by atoms with Crippen LogP contribution in [0.4, 0.5) is 0 Å². The summed E-state index contributed by atoms with van der Waals surface area (Å²) in [6, 6.07) is 10.4. The lowest BCUT2D eigenvalue weighted by atomic mass is 9.85. The molecule has 410 valence electrons. The van der Waals surface area contributed by atoms with Crippen LogP contribution in [0.5, 0.6) is 0 Å². The van der Waals surface area contributed by atoms with E-state index in [2.05, 4.69) is 44.0 Å². The van der Waals surface area contributed by atoms with Crippen molar-refractivity contribution in [2.24, 2.45) is 22.7 Å². The van der Waals surface area contributed by atoms with E-state index in [0.29, 0.717) is 12.8 Å². The molecule has 10 atom stereocenters. The van der Waals surface area contributed by atoms with Crippen LogP contribution in [0.15, 0.2) is 48.5 Å². The number of hydrogen-bond acceptors (Lipinski definition) is 10.